The third-order valence-electron chi connectivity index (χ3n) is 6.20. The molecule has 0 N–H and O–H groups in total. The van der Waals surface area contributed by atoms with Crippen molar-refractivity contribution in [2.24, 2.45) is 4.99 Å². The Morgan fingerprint density at radius 2 is 1.89 bits per heavy atom. The van der Waals surface area contributed by atoms with Crippen LogP contribution in [0.15, 0.2) is 64.6 Å². The first-order valence-corrected chi connectivity index (χ1v) is 13.1. The number of para-hydroxylation sites is 1. The number of piperidine rings is 1. The number of hydrogen-bond donors (Lipinski definition) is 0. The van der Waals surface area contributed by atoms with Crippen molar-refractivity contribution in [1.82, 2.24) is 14.7 Å². The molecule has 1 amide bonds. The summed E-state index contributed by atoms with van der Waals surface area (Å²) in [6.07, 6.45) is 8.44. The molecule has 1 aromatic heterocycles. The maximum absolute atomic E-state index is 12.8. The van der Waals surface area contributed by atoms with E-state index in [-0.39, 0.29) is 5.91 Å². The van der Waals surface area contributed by atoms with Crippen molar-refractivity contribution in [2.75, 3.05) is 19.7 Å². The number of carbonyl (C=O) groups excluding carboxylic acids is 1. The molecule has 0 aliphatic carbocycles. The lowest BCUT2D eigenvalue weighted by Gasteiger charge is -2.27. The van der Waals surface area contributed by atoms with Crippen LogP contribution in [0.25, 0.3) is 23.0 Å². The molecule has 5 rings (SSSR count). The van der Waals surface area contributed by atoms with Crippen molar-refractivity contribution in [2.45, 2.75) is 39.5 Å². The quantitative estimate of drug-likeness (QED) is 0.395. The Bertz CT molecular complexity index is 1270. The third-order valence-corrected chi connectivity index (χ3v) is 7.24. The van der Waals surface area contributed by atoms with Crippen LogP contribution in [0, 0.1) is 6.92 Å². The number of amidine groups is 1. The Labute approximate surface area is 210 Å². The minimum Gasteiger partial charge on any atom is -0.493 e. The number of aromatic nitrogens is 2. The summed E-state index contributed by atoms with van der Waals surface area (Å²) in [5.41, 5.74) is 4.73. The Kier molecular flexibility index (Phi) is 7.04. The summed E-state index contributed by atoms with van der Waals surface area (Å²) in [6.45, 7) is 6.78. The Morgan fingerprint density at radius 1 is 1.09 bits per heavy atom. The molecular formula is C28H30N4O2S. The first kappa shape index (κ1) is 23.4. The topological polar surface area (TPSA) is 59.7 Å². The lowest BCUT2D eigenvalue weighted by atomic mass is 10.0. The van der Waals surface area contributed by atoms with Gasteiger partial charge >= 0.3 is 0 Å². The Balaban J connectivity index is 1.50. The summed E-state index contributed by atoms with van der Waals surface area (Å²) >= 11 is 1.47. The molecule has 6 nitrogen and oxygen atoms in total. The van der Waals surface area contributed by atoms with Crippen LogP contribution in [-0.4, -0.2) is 45.5 Å². The van der Waals surface area contributed by atoms with Gasteiger partial charge in [-0.05, 0) is 86.3 Å². The molecular weight excluding hydrogens is 456 g/mol. The SMILES string of the molecule is CCCOc1ccc(-c2nn(-c3ccccc3)cc2/C=C2/SC(N3CCCCC3)=NC2=O)cc1C. The molecule has 2 aliphatic rings. The van der Waals surface area contributed by atoms with Crippen molar-refractivity contribution in [3.63, 3.8) is 0 Å². The van der Waals surface area contributed by atoms with Crippen molar-refractivity contribution in [3.05, 3.63) is 70.8 Å². The molecule has 3 aromatic rings. The highest BCUT2D eigenvalue weighted by molar-refractivity contribution is 8.18. The minimum atomic E-state index is -0.173. The van der Waals surface area contributed by atoms with E-state index < -0.39 is 0 Å². The molecule has 0 unspecified atom stereocenters. The van der Waals surface area contributed by atoms with Crippen LogP contribution in [0.5, 0.6) is 5.75 Å². The fraction of sp³-hybridized carbons (Fsp3) is 0.321. The predicted octanol–water partition coefficient (Wildman–Crippen LogP) is 6.09. The van der Waals surface area contributed by atoms with E-state index >= 15 is 0 Å². The van der Waals surface area contributed by atoms with Gasteiger partial charge < -0.3 is 9.64 Å². The van der Waals surface area contributed by atoms with Gasteiger partial charge in [0.1, 0.15) is 11.4 Å². The highest BCUT2D eigenvalue weighted by Gasteiger charge is 2.27. The Morgan fingerprint density at radius 3 is 2.63 bits per heavy atom. The van der Waals surface area contributed by atoms with E-state index in [9.17, 15) is 4.79 Å². The molecule has 2 aromatic carbocycles. The Hall–Kier alpha value is -3.32. The molecule has 0 atom stereocenters. The number of carbonyl (C=O) groups is 1. The number of hydrogen-bond acceptors (Lipinski definition) is 5. The number of amides is 1. The average molecular weight is 487 g/mol. The summed E-state index contributed by atoms with van der Waals surface area (Å²) in [4.78, 5) is 20.0. The molecule has 180 valence electrons. The van der Waals surface area contributed by atoms with Gasteiger partial charge in [-0.2, -0.15) is 10.1 Å². The van der Waals surface area contributed by atoms with E-state index in [1.165, 1.54) is 18.2 Å². The van der Waals surface area contributed by atoms with Gasteiger partial charge in [-0.1, -0.05) is 25.1 Å². The standard InChI is InChI=1S/C28H30N4O2S/c1-3-16-34-24-13-12-21(17-20(24)2)26-22(19-32(30-26)23-10-6-4-7-11-23)18-25-27(33)29-28(35-25)31-14-8-5-9-15-31/h4,6-7,10-13,17-19H,3,5,8-9,14-16H2,1-2H3/b25-18+. The van der Waals surface area contributed by atoms with Crippen molar-refractivity contribution < 1.29 is 9.53 Å². The van der Waals surface area contributed by atoms with E-state index in [1.807, 2.05) is 59.4 Å². The smallest absolute Gasteiger partial charge is 0.286 e. The highest BCUT2D eigenvalue weighted by Crippen LogP contribution is 2.35. The number of thioether (sulfide) groups is 1. The van der Waals surface area contributed by atoms with E-state index in [0.29, 0.717) is 11.5 Å². The fourth-order valence-corrected chi connectivity index (χ4v) is 5.32. The second kappa shape index (κ2) is 10.5. The number of aryl methyl sites for hydroxylation is 1. The van der Waals surface area contributed by atoms with Gasteiger partial charge in [0, 0.05) is 30.4 Å². The lowest BCUT2D eigenvalue weighted by molar-refractivity contribution is -0.113. The van der Waals surface area contributed by atoms with E-state index in [4.69, 9.17) is 9.84 Å². The maximum Gasteiger partial charge on any atom is 0.286 e. The zero-order valence-electron chi connectivity index (χ0n) is 20.2. The zero-order chi connectivity index (χ0) is 24.2. The maximum atomic E-state index is 12.8. The van der Waals surface area contributed by atoms with Crippen LogP contribution < -0.4 is 4.74 Å². The van der Waals surface area contributed by atoms with Crippen molar-refractivity contribution in [3.8, 4) is 22.7 Å². The number of rotatable bonds is 6. The van der Waals surface area contributed by atoms with Gasteiger partial charge in [0.05, 0.1) is 17.2 Å². The lowest BCUT2D eigenvalue weighted by Crippen LogP contribution is -2.33. The summed E-state index contributed by atoms with van der Waals surface area (Å²) < 4.78 is 7.74. The average Bonchev–Trinajstić information content (AvgIpc) is 3.48. The first-order chi connectivity index (χ1) is 17.1. The van der Waals surface area contributed by atoms with Crippen LogP contribution in [-0.2, 0) is 4.79 Å². The molecule has 7 heteroatoms. The fourth-order valence-electron chi connectivity index (χ4n) is 4.36. The van der Waals surface area contributed by atoms with Gasteiger partial charge in [-0.3, -0.25) is 4.79 Å². The zero-order valence-corrected chi connectivity index (χ0v) is 21.1. The minimum absolute atomic E-state index is 0.173. The highest BCUT2D eigenvalue weighted by atomic mass is 32.2. The normalized spacial score (nSPS) is 17.2. The predicted molar refractivity (Wildman–Crippen MR) is 143 cm³/mol. The molecule has 1 fully saturated rings. The monoisotopic (exact) mass is 486 g/mol. The number of nitrogens with zero attached hydrogens (tertiary/aromatic N) is 4. The number of ether oxygens (including phenoxy) is 1. The van der Waals surface area contributed by atoms with Gasteiger partial charge in [-0.15, -0.1) is 0 Å². The first-order valence-electron chi connectivity index (χ1n) is 12.3. The van der Waals surface area contributed by atoms with Crippen LogP contribution >= 0.6 is 11.8 Å². The molecule has 0 spiro atoms. The van der Waals surface area contributed by atoms with E-state index in [0.717, 1.165) is 71.3 Å². The molecule has 1 saturated heterocycles. The number of benzene rings is 2. The summed E-state index contributed by atoms with van der Waals surface area (Å²) in [5, 5.41) is 5.75. The van der Waals surface area contributed by atoms with Crippen molar-refractivity contribution >= 4 is 28.9 Å². The van der Waals surface area contributed by atoms with Gasteiger partial charge in [0.2, 0.25) is 0 Å². The molecule has 0 saturated carbocycles. The van der Waals surface area contributed by atoms with Crippen LogP contribution in [0.2, 0.25) is 0 Å². The van der Waals surface area contributed by atoms with Crippen LogP contribution in [0.1, 0.15) is 43.7 Å². The van der Waals surface area contributed by atoms with Crippen molar-refractivity contribution in [1.29, 1.82) is 0 Å². The molecule has 35 heavy (non-hydrogen) atoms. The van der Waals surface area contributed by atoms with Crippen LogP contribution in [0.4, 0.5) is 0 Å². The van der Waals surface area contributed by atoms with E-state index in [1.54, 1.807) is 0 Å². The van der Waals surface area contributed by atoms with E-state index in [2.05, 4.69) is 29.8 Å². The second-order valence-corrected chi connectivity index (χ2v) is 9.91. The molecule has 0 bridgehead atoms. The molecule has 3 heterocycles. The molecule has 2 aliphatic heterocycles. The summed E-state index contributed by atoms with van der Waals surface area (Å²) in [7, 11) is 0. The summed E-state index contributed by atoms with van der Waals surface area (Å²) in [6, 6.07) is 16.2. The van der Waals surface area contributed by atoms with Gasteiger partial charge in [0.25, 0.3) is 5.91 Å². The number of likely N-dealkylation sites (tertiary alicyclic amines) is 1. The second-order valence-electron chi connectivity index (χ2n) is 8.90. The molecule has 0 radical (unpaired) electrons. The third kappa shape index (κ3) is 5.20. The largest absolute Gasteiger partial charge is 0.493 e. The van der Waals surface area contributed by atoms with Gasteiger partial charge in [0.15, 0.2) is 5.17 Å². The van der Waals surface area contributed by atoms with Gasteiger partial charge in [-0.25, -0.2) is 4.68 Å². The summed E-state index contributed by atoms with van der Waals surface area (Å²) in [5.74, 6) is 0.715. The number of aliphatic imine (C=N–C) groups is 1. The van der Waals surface area contributed by atoms with Crippen LogP contribution in [0.3, 0.4) is 0 Å².